The first-order valence-electron chi connectivity index (χ1n) is 9.13. The number of benzene rings is 2. The predicted octanol–water partition coefficient (Wildman–Crippen LogP) is 5.82. The summed E-state index contributed by atoms with van der Waals surface area (Å²) in [4.78, 5) is 17.3. The van der Waals surface area contributed by atoms with E-state index in [2.05, 4.69) is 63.3 Å². The fourth-order valence-electron chi connectivity index (χ4n) is 3.58. The average Bonchev–Trinajstić information content (AvgIpc) is 2.57. The van der Waals surface area contributed by atoms with Crippen molar-refractivity contribution in [3.05, 3.63) is 63.7 Å². The van der Waals surface area contributed by atoms with Gasteiger partial charge in [-0.1, -0.05) is 41.1 Å². The predicted molar refractivity (Wildman–Crippen MR) is 116 cm³/mol. The van der Waals surface area contributed by atoms with Crippen molar-refractivity contribution in [2.75, 3.05) is 11.1 Å². The molecule has 0 bridgehead atoms. The Labute approximate surface area is 165 Å². The Bertz CT molecular complexity index is 1020. The number of fused-ring (bicyclic) bond motifs is 1. The third-order valence-electron chi connectivity index (χ3n) is 4.72. The second-order valence-electron chi connectivity index (χ2n) is 7.37. The Morgan fingerprint density at radius 2 is 1.44 bits per heavy atom. The van der Waals surface area contributed by atoms with Crippen LogP contribution in [-0.2, 0) is 4.79 Å². The maximum absolute atomic E-state index is 12.5. The zero-order valence-corrected chi connectivity index (χ0v) is 17.7. The summed E-state index contributed by atoms with van der Waals surface area (Å²) in [5.41, 5.74) is 8.94. The number of hydrogen-bond donors (Lipinski definition) is 1. The second kappa shape index (κ2) is 7.73. The van der Waals surface area contributed by atoms with Crippen LogP contribution in [0.3, 0.4) is 0 Å². The normalized spacial score (nSPS) is 11.0. The molecule has 0 atom stereocenters. The molecule has 0 spiro atoms. The van der Waals surface area contributed by atoms with Crippen molar-refractivity contribution in [1.82, 2.24) is 4.98 Å². The van der Waals surface area contributed by atoms with Gasteiger partial charge in [0.25, 0.3) is 0 Å². The number of thioether (sulfide) groups is 1. The number of aromatic nitrogens is 1. The lowest BCUT2D eigenvalue weighted by atomic mass is 10.0. The molecule has 3 aromatic rings. The molecule has 0 radical (unpaired) electrons. The van der Waals surface area contributed by atoms with Gasteiger partial charge in [-0.2, -0.15) is 0 Å². The summed E-state index contributed by atoms with van der Waals surface area (Å²) in [5.74, 6) is 0.338. The van der Waals surface area contributed by atoms with Crippen molar-refractivity contribution in [3.8, 4) is 0 Å². The van der Waals surface area contributed by atoms with Crippen LogP contribution in [0.4, 0.5) is 5.69 Å². The van der Waals surface area contributed by atoms with Gasteiger partial charge in [-0.15, -0.1) is 0 Å². The fourth-order valence-corrected chi connectivity index (χ4v) is 4.35. The van der Waals surface area contributed by atoms with E-state index in [1.165, 1.54) is 39.4 Å². The van der Waals surface area contributed by atoms with Gasteiger partial charge in [0, 0.05) is 11.1 Å². The van der Waals surface area contributed by atoms with Gasteiger partial charge in [-0.3, -0.25) is 4.79 Å². The highest BCUT2D eigenvalue weighted by Crippen LogP contribution is 2.27. The minimum absolute atomic E-state index is 0.00442. The van der Waals surface area contributed by atoms with Crippen LogP contribution < -0.4 is 5.32 Å². The van der Waals surface area contributed by atoms with E-state index in [4.69, 9.17) is 4.98 Å². The Morgan fingerprint density at radius 1 is 0.852 bits per heavy atom. The topological polar surface area (TPSA) is 42.0 Å². The highest BCUT2D eigenvalue weighted by Gasteiger charge is 2.11. The molecule has 0 aliphatic heterocycles. The molecule has 0 unspecified atom stereocenters. The summed E-state index contributed by atoms with van der Waals surface area (Å²) >= 11 is 1.48. The third-order valence-corrected chi connectivity index (χ3v) is 5.64. The largest absolute Gasteiger partial charge is 0.325 e. The van der Waals surface area contributed by atoms with Gasteiger partial charge in [-0.05, 0) is 75.9 Å². The lowest BCUT2D eigenvalue weighted by molar-refractivity contribution is -0.113. The molecule has 1 N–H and O–H groups in total. The summed E-state index contributed by atoms with van der Waals surface area (Å²) in [5, 5.41) is 5.13. The van der Waals surface area contributed by atoms with E-state index >= 15 is 0 Å². The van der Waals surface area contributed by atoms with E-state index < -0.39 is 0 Å². The van der Waals surface area contributed by atoms with E-state index in [9.17, 15) is 4.79 Å². The van der Waals surface area contributed by atoms with Gasteiger partial charge >= 0.3 is 0 Å². The highest BCUT2D eigenvalue weighted by molar-refractivity contribution is 7.99. The maximum Gasteiger partial charge on any atom is 0.234 e. The number of amides is 1. The van der Waals surface area contributed by atoms with E-state index in [1.807, 2.05) is 13.8 Å². The molecule has 2 aromatic carbocycles. The Hall–Kier alpha value is -2.33. The number of nitrogens with zero attached hydrogens (tertiary/aromatic N) is 1. The molecule has 1 amide bonds. The first-order chi connectivity index (χ1) is 12.7. The molecular formula is C23H26N2OS. The summed E-state index contributed by atoms with van der Waals surface area (Å²) in [7, 11) is 0. The van der Waals surface area contributed by atoms with Crippen LogP contribution in [0.1, 0.15) is 33.4 Å². The number of carbonyl (C=O) groups excluding carboxylic acids is 1. The number of carbonyl (C=O) groups is 1. The highest BCUT2D eigenvalue weighted by atomic mass is 32.2. The van der Waals surface area contributed by atoms with Crippen LogP contribution in [0.15, 0.2) is 35.4 Å². The molecule has 0 fully saturated rings. The van der Waals surface area contributed by atoms with Crippen LogP contribution in [0.5, 0.6) is 0 Å². The van der Waals surface area contributed by atoms with Crippen LogP contribution in [-0.4, -0.2) is 16.6 Å². The van der Waals surface area contributed by atoms with Gasteiger partial charge in [0.2, 0.25) is 5.91 Å². The van der Waals surface area contributed by atoms with E-state index in [0.29, 0.717) is 5.75 Å². The summed E-state index contributed by atoms with van der Waals surface area (Å²) in [6, 6.07) is 10.6. The van der Waals surface area contributed by atoms with Crippen molar-refractivity contribution in [2.24, 2.45) is 0 Å². The Kier molecular flexibility index (Phi) is 5.56. The number of nitrogens with one attached hydrogen (secondary N) is 1. The molecule has 0 aliphatic carbocycles. The maximum atomic E-state index is 12.5. The van der Waals surface area contributed by atoms with Crippen LogP contribution in [0.25, 0.3) is 10.9 Å². The monoisotopic (exact) mass is 378 g/mol. The third kappa shape index (κ3) is 4.33. The molecule has 0 saturated carbocycles. The summed E-state index contributed by atoms with van der Waals surface area (Å²) in [6.45, 7) is 12.4. The number of hydrogen-bond acceptors (Lipinski definition) is 3. The van der Waals surface area contributed by atoms with Gasteiger partial charge < -0.3 is 5.32 Å². The average molecular weight is 379 g/mol. The standard InChI is InChI=1S/C23H26N2OS/c1-13-7-16(4)22(17(5)8-13)24-20(26)12-27-21-11-15(3)19-10-14(2)9-18(6)23(19)25-21/h7-11H,12H2,1-6H3,(H,24,26). The van der Waals surface area contributed by atoms with E-state index in [0.717, 1.165) is 27.4 Å². The van der Waals surface area contributed by atoms with Gasteiger partial charge in [0.1, 0.15) is 0 Å². The van der Waals surface area contributed by atoms with Crippen LogP contribution >= 0.6 is 11.8 Å². The van der Waals surface area contributed by atoms with Crippen molar-refractivity contribution in [1.29, 1.82) is 0 Å². The number of aryl methyl sites for hydroxylation is 6. The summed E-state index contributed by atoms with van der Waals surface area (Å²) < 4.78 is 0. The van der Waals surface area contributed by atoms with Crippen LogP contribution in [0.2, 0.25) is 0 Å². The van der Waals surface area contributed by atoms with E-state index in [1.54, 1.807) is 0 Å². The SMILES string of the molecule is Cc1cc(C)c(NC(=O)CSc2cc(C)c3cc(C)cc(C)c3n2)c(C)c1. The molecule has 4 heteroatoms. The smallest absolute Gasteiger partial charge is 0.234 e. The number of rotatable bonds is 4. The van der Waals surface area contributed by atoms with Crippen molar-refractivity contribution in [3.63, 3.8) is 0 Å². The lowest BCUT2D eigenvalue weighted by Crippen LogP contribution is -2.16. The zero-order chi connectivity index (χ0) is 19.7. The van der Waals surface area contributed by atoms with Crippen molar-refractivity contribution in [2.45, 2.75) is 46.6 Å². The first-order valence-corrected chi connectivity index (χ1v) is 10.1. The zero-order valence-electron chi connectivity index (χ0n) is 16.9. The molecule has 0 saturated heterocycles. The molecule has 3 rings (SSSR count). The van der Waals surface area contributed by atoms with Crippen LogP contribution in [0, 0.1) is 41.5 Å². The molecule has 140 valence electrons. The number of anilines is 1. The van der Waals surface area contributed by atoms with E-state index in [-0.39, 0.29) is 5.91 Å². The lowest BCUT2D eigenvalue weighted by Gasteiger charge is -2.13. The summed E-state index contributed by atoms with van der Waals surface area (Å²) in [6.07, 6.45) is 0. The molecule has 0 aliphatic rings. The molecule has 1 aromatic heterocycles. The Balaban J connectivity index is 1.76. The van der Waals surface area contributed by atoms with Gasteiger partial charge in [0.05, 0.1) is 16.3 Å². The van der Waals surface area contributed by atoms with Gasteiger partial charge in [0.15, 0.2) is 0 Å². The first kappa shape index (κ1) is 19.4. The van der Waals surface area contributed by atoms with Gasteiger partial charge in [-0.25, -0.2) is 4.98 Å². The second-order valence-corrected chi connectivity index (χ2v) is 8.36. The molecule has 3 nitrogen and oxygen atoms in total. The van der Waals surface area contributed by atoms with Crippen molar-refractivity contribution >= 4 is 34.3 Å². The minimum Gasteiger partial charge on any atom is -0.325 e. The molecule has 1 heterocycles. The quantitative estimate of drug-likeness (QED) is 0.582. The molecule has 27 heavy (non-hydrogen) atoms. The molecular weight excluding hydrogens is 352 g/mol. The minimum atomic E-state index is -0.00442. The van der Waals surface area contributed by atoms with Crippen molar-refractivity contribution < 1.29 is 4.79 Å². The fraction of sp³-hybridized carbons (Fsp3) is 0.304. The number of pyridine rings is 1. The Morgan fingerprint density at radius 3 is 2.11 bits per heavy atom.